The zero-order chi connectivity index (χ0) is 19.2. The number of benzene rings is 2. The van der Waals surface area contributed by atoms with Crippen LogP contribution in [0.3, 0.4) is 0 Å². The molecule has 2 aromatic carbocycles. The third-order valence-electron chi connectivity index (χ3n) is 5.87. The Bertz CT molecular complexity index is 766. The Morgan fingerprint density at radius 1 is 0.926 bits per heavy atom. The first-order chi connectivity index (χ1) is 13.1. The number of unbranched alkanes of at least 4 members (excludes halogenated alkanes) is 3. The lowest BCUT2D eigenvalue weighted by Crippen LogP contribution is -2.17. The molecule has 0 fully saturated rings. The smallest absolute Gasteiger partial charge is 0.162 e. The standard InChI is InChI=1S/C24H29F3/c1-2-3-4-5-6-17-8-11-20(23(26)16-17)12-9-18-7-10-19-13-14-22(25)24(27)21(19)15-18/h8,11,13-14,16,18H,2-7,9-10,12,15H2,1H3. The molecular formula is C24H29F3. The van der Waals surface area contributed by atoms with Crippen molar-refractivity contribution in [2.24, 2.45) is 5.92 Å². The van der Waals surface area contributed by atoms with Crippen molar-refractivity contribution in [1.82, 2.24) is 0 Å². The number of halogens is 3. The summed E-state index contributed by atoms with van der Waals surface area (Å²) in [6, 6.07) is 8.53. The van der Waals surface area contributed by atoms with Crippen LogP contribution in [0.15, 0.2) is 30.3 Å². The summed E-state index contributed by atoms with van der Waals surface area (Å²) >= 11 is 0. The van der Waals surface area contributed by atoms with Gasteiger partial charge in [-0.2, -0.15) is 0 Å². The lowest BCUT2D eigenvalue weighted by atomic mass is 9.80. The summed E-state index contributed by atoms with van der Waals surface area (Å²) in [5.74, 6) is -1.32. The minimum Gasteiger partial charge on any atom is -0.207 e. The number of hydrogen-bond acceptors (Lipinski definition) is 0. The van der Waals surface area contributed by atoms with Crippen molar-refractivity contribution in [2.45, 2.75) is 71.1 Å². The number of aryl methyl sites for hydroxylation is 3. The van der Waals surface area contributed by atoms with E-state index in [-0.39, 0.29) is 11.7 Å². The average Bonchev–Trinajstić information content (AvgIpc) is 2.67. The maximum atomic E-state index is 14.4. The molecule has 3 rings (SSSR count). The van der Waals surface area contributed by atoms with E-state index >= 15 is 0 Å². The molecule has 3 heteroatoms. The Kier molecular flexibility index (Phi) is 6.98. The van der Waals surface area contributed by atoms with Gasteiger partial charge in [0.2, 0.25) is 0 Å². The van der Waals surface area contributed by atoms with Crippen LogP contribution < -0.4 is 0 Å². The van der Waals surface area contributed by atoms with Gasteiger partial charge in [0.25, 0.3) is 0 Å². The molecule has 0 nitrogen and oxygen atoms in total. The van der Waals surface area contributed by atoms with E-state index in [4.69, 9.17) is 0 Å². The van der Waals surface area contributed by atoms with Crippen molar-refractivity contribution in [3.8, 4) is 0 Å². The molecule has 1 unspecified atom stereocenters. The van der Waals surface area contributed by atoms with E-state index in [9.17, 15) is 13.2 Å². The summed E-state index contributed by atoms with van der Waals surface area (Å²) in [6.07, 6.45) is 9.41. The summed E-state index contributed by atoms with van der Waals surface area (Å²) in [4.78, 5) is 0. The zero-order valence-electron chi connectivity index (χ0n) is 16.2. The minimum absolute atomic E-state index is 0.128. The minimum atomic E-state index is -0.769. The number of rotatable bonds is 8. The molecule has 0 aromatic heterocycles. The van der Waals surface area contributed by atoms with E-state index in [2.05, 4.69) is 6.92 Å². The Morgan fingerprint density at radius 2 is 1.78 bits per heavy atom. The lowest BCUT2D eigenvalue weighted by Gasteiger charge is -2.25. The van der Waals surface area contributed by atoms with Crippen LogP contribution in [0.2, 0.25) is 0 Å². The molecule has 0 spiro atoms. The van der Waals surface area contributed by atoms with E-state index in [1.54, 1.807) is 12.1 Å². The van der Waals surface area contributed by atoms with Crippen molar-refractivity contribution < 1.29 is 13.2 Å². The van der Waals surface area contributed by atoms with Crippen LogP contribution >= 0.6 is 0 Å². The Hall–Kier alpha value is -1.77. The summed E-state index contributed by atoms with van der Waals surface area (Å²) in [7, 11) is 0. The quantitative estimate of drug-likeness (QED) is 0.438. The highest BCUT2D eigenvalue weighted by Gasteiger charge is 2.23. The van der Waals surface area contributed by atoms with Crippen LogP contribution in [0.1, 0.15) is 67.7 Å². The second-order valence-electron chi connectivity index (χ2n) is 7.88. The van der Waals surface area contributed by atoms with Crippen LogP contribution in [0, 0.1) is 23.4 Å². The Labute approximate surface area is 160 Å². The lowest BCUT2D eigenvalue weighted by molar-refractivity contribution is 0.403. The highest BCUT2D eigenvalue weighted by atomic mass is 19.2. The van der Waals surface area contributed by atoms with Crippen LogP contribution in [0.5, 0.6) is 0 Å². The normalized spacial score (nSPS) is 16.4. The first-order valence-corrected chi connectivity index (χ1v) is 10.3. The molecular weight excluding hydrogens is 345 g/mol. The van der Waals surface area contributed by atoms with Gasteiger partial charge in [-0.05, 0) is 85.3 Å². The van der Waals surface area contributed by atoms with Gasteiger partial charge in [-0.25, -0.2) is 13.2 Å². The fourth-order valence-electron chi connectivity index (χ4n) is 4.15. The van der Waals surface area contributed by atoms with Gasteiger partial charge in [0.15, 0.2) is 11.6 Å². The van der Waals surface area contributed by atoms with Crippen LogP contribution in [-0.2, 0) is 25.7 Å². The molecule has 2 aromatic rings. The number of hydrogen-bond donors (Lipinski definition) is 0. The van der Waals surface area contributed by atoms with Gasteiger partial charge < -0.3 is 0 Å². The Balaban J connectivity index is 1.55. The first-order valence-electron chi connectivity index (χ1n) is 10.3. The van der Waals surface area contributed by atoms with E-state index in [0.29, 0.717) is 18.4 Å². The molecule has 0 N–H and O–H groups in total. The van der Waals surface area contributed by atoms with Crippen molar-refractivity contribution in [3.63, 3.8) is 0 Å². The third-order valence-corrected chi connectivity index (χ3v) is 5.87. The molecule has 1 atom stereocenters. The molecule has 146 valence electrons. The molecule has 0 bridgehead atoms. The monoisotopic (exact) mass is 374 g/mol. The SMILES string of the molecule is CCCCCCc1ccc(CCC2CCc3ccc(F)c(F)c3C2)c(F)c1. The van der Waals surface area contributed by atoms with Gasteiger partial charge in [-0.3, -0.25) is 0 Å². The van der Waals surface area contributed by atoms with E-state index < -0.39 is 11.6 Å². The van der Waals surface area contributed by atoms with E-state index in [1.807, 2.05) is 12.1 Å². The maximum absolute atomic E-state index is 14.4. The van der Waals surface area contributed by atoms with Crippen LogP contribution in [-0.4, -0.2) is 0 Å². The molecule has 0 saturated heterocycles. The maximum Gasteiger partial charge on any atom is 0.162 e. The fourth-order valence-corrected chi connectivity index (χ4v) is 4.15. The molecule has 0 radical (unpaired) electrons. The molecule has 0 amide bonds. The molecule has 27 heavy (non-hydrogen) atoms. The third kappa shape index (κ3) is 5.15. The summed E-state index contributed by atoms with van der Waals surface area (Å²) in [5, 5.41) is 0. The second-order valence-corrected chi connectivity index (χ2v) is 7.88. The van der Waals surface area contributed by atoms with Crippen molar-refractivity contribution in [1.29, 1.82) is 0 Å². The summed E-state index contributed by atoms with van der Waals surface area (Å²) in [5.41, 5.74) is 3.24. The average molecular weight is 374 g/mol. The van der Waals surface area contributed by atoms with Crippen molar-refractivity contribution in [2.75, 3.05) is 0 Å². The Morgan fingerprint density at radius 3 is 2.56 bits per heavy atom. The summed E-state index contributed by atoms with van der Waals surface area (Å²) < 4.78 is 42.0. The van der Waals surface area contributed by atoms with Crippen LogP contribution in [0.4, 0.5) is 13.2 Å². The molecule has 0 saturated carbocycles. The highest BCUT2D eigenvalue weighted by Crippen LogP contribution is 2.31. The predicted octanol–water partition coefficient (Wildman–Crippen LogP) is 6.96. The second kappa shape index (κ2) is 9.43. The van der Waals surface area contributed by atoms with E-state index in [1.165, 1.54) is 25.3 Å². The number of fused-ring (bicyclic) bond motifs is 1. The molecule has 1 aliphatic rings. The van der Waals surface area contributed by atoms with Crippen molar-refractivity contribution in [3.05, 3.63) is 70.0 Å². The molecule has 0 heterocycles. The van der Waals surface area contributed by atoms with Gasteiger partial charge in [-0.15, -0.1) is 0 Å². The van der Waals surface area contributed by atoms with Gasteiger partial charge in [0.1, 0.15) is 5.82 Å². The largest absolute Gasteiger partial charge is 0.207 e. The van der Waals surface area contributed by atoms with Gasteiger partial charge in [-0.1, -0.05) is 44.4 Å². The summed E-state index contributed by atoms with van der Waals surface area (Å²) in [6.45, 7) is 2.18. The molecule has 0 aliphatic heterocycles. The van der Waals surface area contributed by atoms with Gasteiger partial charge in [0, 0.05) is 0 Å². The molecule has 1 aliphatic carbocycles. The highest BCUT2D eigenvalue weighted by molar-refractivity contribution is 5.32. The van der Waals surface area contributed by atoms with Gasteiger partial charge >= 0.3 is 0 Å². The topological polar surface area (TPSA) is 0 Å². The first kappa shape index (κ1) is 20.0. The predicted molar refractivity (Wildman–Crippen MR) is 104 cm³/mol. The zero-order valence-corrected chi connectivity index (χ0v) is 16.2. The van der Waals surface area contributed by atoms with E-state index in [0.717, 1.165) is 48.8 Å². The fraction of sp³-hybridized carbons (Fsp3) is 0.500. The van der Waals surface area contributed by atoms with Crippen molar-refractivity contribution >= 4 is 0 Å². The van der Waals surface area contributed by atoms with Gasteiger partial charge in [0.05, 0.1) is 0 Å². The van der Waals surface area contributed by atoms with Crippen LogP contribution in [0.25, 0.3) is 0 Å².